The predicted molar refractivity (Wildman–Crippen MR) is 71.2 cm³/mol. The minimum Gasteiger partial charge on any atom is -0.396 e. The maximum absolute atomic E-state index is 8.58. The number of hydrogen-bond donors (Lipinski definition) is 2. The molecule has 0 aliphatic heterocycles. The molecule has 1 aromatic rings. The van der Waals surface area contributed by atoms with Gasteiger partial charge in [-0.25, -0.2) is 0 Å². The van der Waals surface area contributed by atoms with Gasteiger partial charge in [-0.05, 0) is 18.2 Å². The summed E-state index contributed by atoms with van der Waals surface area (Å²) >= 11 is 1.87. The molecule has 6 heteroatoms. The van der Waals surface area contributed by atoms with E-state index in [0.717, 1.165) is 36.7 Å². The summed E-state index contributed by atoms with van der Waals surface area (Å²) in [5.74, 6) is 2.13. The van der Waals surface area contributed by atoms with E-state index in [-0.39, 0.29) is 12.4 Å². The number of nitrogens with one attached hydrogen (secondary N) is 1. The lowest BCUT2D eigenvalue weighted by atomic mass is 10.4. The number of nitrogens with zero attached hydrogens (tertiary/aromatic N) is 2. The number of rotatable bonds is 8. The summed E-state index contributed by atoms with van der Waals surface area (Å²) in [6.45, 7) is 2.13. The zero-order valence-corrected chi connectivity index (χ0v) is 11.2. The fourth-order valence-corrected chi connectivity index (χ4v) is 2.01. The zero-order chi connectivity index (χ0) is 10.9. The summed E-state index contributed by atoms with van der Waals surface area (Å²) in [6.07, 6.45) is 2.85. The molecule has 0 aliphatic carbocycles. The third-order valence-electron chi connectivity index (χ3n) is 1.94. The van der Waals surface area contributed by atoms with Crippen molar-refractivity contribution >= 4 is 24.2 Å². The van der Waals surface area contributed by atoms with Crippen LogP contribution in [0.25, 0.3) is 0 Å². The Hall–Kier alpha value is -0.230. The normalized spacial score (nSPS) is 10.1. The van der Waals surface area contributed by atoms with Crippen molar-refractivity contribution in [2.45, 2.75) is 13.0 Å². The van der Waals surface area contributed by atoms with Crippen LogP contribution in [-0.2, 0) is 13.6 Å². The van der Waals surface area contributed by atoms with Gasteiger partial charge >= 0.3 is 0 Å². The number of halogens is 1. The molecule has 1 heterocycles. The summed E-state index contributed by atoms with van der Waals surface area (Å²) in [5.41, 5.74) is 1.08. The van der Waals surface area contributed by atoms with Crippen molar-refractivity contribution in [3.63, 3.8) is 0 Å². The Morgan fingerprint density at radius 2 is 2.31 bits per heavy atom. The summed E-state index contributed by atoms with van der Waals surface area (Å²) in [5, 5.41) is 16.2. The Morgan fingerprint density at radius 3 is 2.94 bits per heavy atom. The van der Waals surface area contributed by atoms with Gasteiger partial charge in [0.25, 0.3) is 0 Å². The van der Waals surface area contributed by atoms with Crippen molar-refractivity contribution in [2.24, 2.45) is 7.05 Å². The van der Waals surface area contributed by atoms with Gasteiger partial charge in [0, 0.05) is 38.7 Å². The first-order chi connectivity index (χ1) is 7.33. The molecule has 0 aliphatic rings. The predicted octanol–water partition coefficient (Wildman–Crippen LogP) is 1.05. The molecule has 2 N–H and O–H groups in total. The van der Waals surface area contributed by atoms with Crippen LogP contribution in [0.5, 0.6) is 0 Å². The highest BCUT2D eigenvalue weighted by molar-refractivity contribution is 7.99. The summed E-state index contributed by atoms with van der Waals surface area (Å²) in [7, 11) is 1.92. The van der Waals surface area contributed by atoms with Crippen LogP contribution in [0.15, 0.2) is 12.3 Å². The van der Waals surface area contributed by atoms with Crippen LogP contribution in [0.2, 0.25) is 0 Å². The number of hydrogen-bond acceptors (Lipinski definition) is 4. The Kier molecular flexibility index (Phi) is 9.82. The molecule has 0 spiro atoms. The molecule has 0 saturated carbocycles. The summed E-state index contributed by atoms with van der Waals surface area (Å²) in [6, 6.07) is 2.02. The first-order valence-corrected chi connectivity index (χ1v) is 6.36. The van der Waals surface area contributed by atoms with E-state index in [1.54, 1.807) is 0 Å². The van der Waals surface area contributed by atoms with Crippen LogP contribution in [0.4, 0.5) is 0 Å². The lowest BCUT2D eigenvalue weighted by Crippen LogP contribution is -2.17. The molecule has 0 unspecified atom stereocenters. The molecule has 1 rings (SSSR count). The second-order valence-corrected chi connectivity index (χ2v) is 4.57. The smallest absolute Gasteiger partial charge is 0.0762 e. The highest BCUT2D eigenvalue weighted by atomic mass is 35.5. The van der Waals surface area contributed by atoms with E-state index in [4.69, 9.17) is 5.11 Å². The van der Waals surface area contributed by atoms with E-state index in [2.05, 4.69) is 10.4 Å². The van der Waals surface area contributed by atoms with Crippen molar-refractivity contribution in [2.75, 3.05) is 24.7 Å². The highest BCUT2D eigenvalue weighted by Crippen LogP contribution is 2.00. The molecule has 4 nitrogen and oxygen atoms in total. The standard InChI is InChI=1S/C10H19N3OS.ClH/c1-13-5-3-10(12-13)9-11-4-8-15-7-2-6-14;/h3,5,11,14H,2,4,6-9H2,1H3;1H. The van der Waals surface area contributed by atoms with Gasteiger partial charge in [-0.1, -0.05) is 0 Å². The van der Waals surface area contributed by atoms with Crippen molar-refractivity contribution < 1.29 is 5.11 Å². The largest absolute Gasteiger partial charge is 0.396 e. The number of aliphatic hydroxyl groups is 1. The molecular weight excluding hydrogens is 246 g/mol. The molecule has 0 atom stereocenters. The number of thioether (sulfide) groups is 1. The van der Waals surface area contributed by atoms with Crippen molar-refractivity contribution in [3.8, 4) is 0 Å². The first-order valence-electron chi connectivity index (χ1n) is 5.21. The average molecular weight is 266 g/mol. The van der Waals surface area contributed by atoms with Crippen LogP contribution in [0, 0.1) is 0 Å². The highest BCUT2D eigenvalue weighted by Gasteiger charge is 1.95. The molecule has 0 aromatic carbocycles. The van der Waals surface area contributed by atoms with Gasteiger partial charge in [-0.2, -0.15) is 16.9 Å². The molecule has 16 heavy (non-hydrogen) atoms. The van der Waals surface area contributed by atoms with Gasteiger partial charge < -0.3 is 10.4 Å². The van der Waals surface area contributed by atoms with Gasteiger partial charge in [0.1, 0.15) is 0 Å². The number of aromatic nitrogens is 2. The second kappa shape index (κ2) is 9.96. The van der Waals surface area contributed by atoms with Crippen LogP contribution in [0.1, 0.15) is 12.1 Å². The van der Waals surface area contributed by atoms with Gasteiger partial charge in [0.2, 0.25) is 0 Å². The molecule has 0 fully saturated rings. The molecular formula is C10H20ClN3OS. The van der Waals surface area contributed by atoms with Crippen molar-refractivity contribution in [1.29, 1.82) is 0 Å². The third-order valence-corrected chi connectivity index (χ3v) is 3.02. The number of aliphatic hydroxyl groups excluding tert-OH is 1. The minimum absolute atomic E-state index is 0. The number of aryl methyl sites for hydroxylation is 1. The fourth-order valence-electron chi connectivity index (χ4n) is 1.19. The molecule has 1 aromatic heterocycles. The Bertz CT molecular complexity index is 270. The van der Waals surface area contributed by atoms with Crippen LogP contribution >= 0.6 is 24.2 Å². The van der Waals surface area contributed by atoms with Gasteiger partial charge in [-0.3, -0.25) is 4.68 Å². The van der Waals surface area contributed by atoms with Crippen LogP contribution in [0.3, 0.4) is 0 Å². The molecule has 94 valence electrons. The Morgan fingerprint density at radius 1 is 1.50 bits per heavy atom. The van der Waals surface area contributed by atoms with E-state index < -0.39 is 0 Å². The van der Waals surface area contributed by atoms with E-state index in [1.165, 1.54) is 0 Å². The Balaban J connectivity index is 0.00000225. The average Bonchev–Trinajstić information content (AvgIpc) is 2.63. The van der Waals surface area contributed by atoms with E-state index in [0.29, 0.717) is 6.61 Å². The molecule has 0 bridgehead atoms. The van der Waals surface area contributed by atoms with Gasteiger partial charge in [-0.15, -0.1) is 12.4 Å². The third kappa shape index (κ3) is 7.11. The summed E-state index contributed by atoms with van der Waals surface area (Å²) < 4.78 is 1.81. The zero-order valence-electron chi connectivity index (χ0n) is 9.56. The SMILES string of the molecule is Cl.Cn1ccc(CNCCSCCCO)n1. The second-order valence-electron chi connectivity index (χ2n) is 3.35. The minimum atomic E-state index is 0. The fraction of sp³-hybridized carbons (Fsp3) is 0.700. The van der Waals surface area contributed by atoms with Gasteiger partial charge in [0.15, 0.2) is 0 Å². The van der Waals surface area contributed by atoms with Crippen molar-refractivity contribution in [1.82, 2.24) is 15.1 Å². The topological polar surface area (TPSA) is 50.1 Å². The monoisotopic (exact) mass is 265 g/mol. The lowest BCUT2D eigenvalue weighted by molar-refractivity contribution is 0.296. The van der Waals surface area contributed by atoms with Crippen molar-refractivity contribution in [3.05, 3.63) is 18.0 Å². The van der Waals surface area contributed by atoms with E-state index >= 15 is 0 Å². The van der Waals surface area contributed by atoms with E-state index in [9.17, 15) is 0 Å². The van der Waals surface area contributed by atoms with Crippen LogP contribution < -0.4 is 5.32 Å². The maximum atomic E-state index is 8.58. The van der Waals surface area contributed by atoms with E-state index in [1.807, 2.05) is 35.8 Å². The molecule has 0 amide bonds. The molecule has 0 radical (unpaired) electrons. The van der Waals surface area contributed by atoms with Crippen LogP contribution in [-0.4, -0.2) is 39.5 Å². The summed E-state index contributed by atoms with van der Waals surface area (Å²) in [4.78, 5) is 0. The maximum Gasteiger partial charge on any atom is 0.0762 e. The lowest BCUT2D eigenvalue weighted by Gasteiger charge is -2.02. The quantitative estimate of drug-likeness (QED) is 0.690. The molecule has 0 saturated heterocycles. The Labute approximate surface area is 107 Å². The first kappa shape index (κ1) is 15.8. The van der Waals surface area contributed by atoms with Gasteiger partial charge in [0.05, 0.1) is 5.69 Å².